The van der Waals surface area contributed by atoms with Crippen LogP contribution in [0.3, 0.4) is 0 Å². The zero-order valence-corrected chi connectivity index (χ0v) is 12.0. The molecule has 0 fully saturated rings. The van der Waals surface area contributed by atoms with Gasteiger partial charge in [0, 0.05) is 13.1 Å². The topological polar surface area (TPSA) is 29.5 Å². The van der Waals surface area contributed by atoms with Crippen molar-refractivity contribution in [1.82, 2.24) is 4.90 Å². The van der Waals surface area contributed by atoms with Crippen molar-refractivity contribution in [3.05, 3.63) is 29.3 Å². The Morgan fingerprint density at radius 1 is 1.28 bits per heavy atom. The number of carbonyl (C=O) groups excluding carboxylic acids is 1. The lowest BCUT2D eigenvalue weighted by molar-refractivity contribution is -0.137. The number of amides is 1. The Kier molecular flexibility index (Phi) is 5.20. The van der Waals surface area contributed by atoms with E-state index in [0.717, 1.165) is 30.0 Å². The maximum absolute atomic E-state index is 12.1. The van der Waals surface area contributed by atoms with Gasteiger partial charge in [-0.1, -0.05) is 12.1 Å². The lowest BCUT2D eigenvalue weighted by Gasteiger charge is -2.24. The fraction of sp³-hybridized carbons (Fsp3) is 0.533. The number of aryl methyl sites for hydroxylation is 2. The molecular weight excluding hydrogens is 226 g/mol. The average molecular weight is 249 g/mol. The molecule has 0 unspecified atom stereocenters. The maximum atomic E-state index is 12.1. The highest BCUT2D eigenvalue weighted by atomic mass is 16.5. The minimum Gasteiger partial charge on any atom is -0.481 e. The van der Waals surface area contributed by atoms with Gasteiger partial charge in [0.2, 0.25) is 0 Å². The van der Waals surface area contributed by atoms with Crippen molar-refractivity contribution in [2.24, 2.45) is 0 Å². The van der Waals surface area contributed by atoms with Crippen LogP contribution < -0.4 is 4.74 Å². The van der Waals surface area contributed by atoms with Gasteiger partial charge in [-0.2, -0.15) is 0 Å². The smallest absolute Gasteiger partial charge is 0.263 e. The molecule has 0 spiro atoms. The van der Waals surface area contributed by atoms with Crippen molar-refractivity contribution < 1.29 is 9.53 Å². The summed E-state index contributed by atoms with van der Waals surface area (Å²) in [4.78, 5) is 13.9. The highest BCUT2D eigenvalue weighted by Crippen LogP contribution is 2.20. The number of carbonyl (C=O) groups is 1. The molecule has 0 saturated carbocycles. The fourth-order valence-corrected chi connectivity index (χ4v) is 1.87. The van der Waals surface area contributed by atoms with Gasteiger partial charge in [0.15, 0.2) is 6.10 Å². The van der Waals surface area contributed by atoms with Crippen LogP contribution >= 0.6 is 0 Å². The first-order chi connectivity index (χ1) is 8.49. The maximum Gasteiger partial charge on any atom is 0.263 e. The van der Waals surface area contributed by atoms with Crippen LogP contribution in [0.1, 0.15) is 31.9 Å². The van der Waals surface area contributed by atoms with E-state index in [1.165, 1.54) is 0 Å². The van der Waals surface area contributed by atoms with Crippen molar-refractivity contribution in [2.45, 2.75) is 40.7 Å². The summed E-state index contributed by atoms with van der Waals surface area (Å²) >= 11 is 0. The van der Waals surface area contributed by atoms with E-state index >= 15 is 0 Å². The molecule has 0 radical (unpaired) electrons. The highest BCUT2D eigenvalue weighted by molar-refractivity contribution is 5.80. The predicted octanol–water partition coefficient (Wildman–Crippen LogP) is 2.94. The van der Waals surface area contributed by atoms with Gasteiger partial charge in [-0.15, -0.1) is 0 Å². The number of ether oxygens (including phenoxy) is 1. The van der Waals surface area contributed by atoms with Gasteiger partial charge in [-0.25, -0.2) is 0 Å². The van der Waals surface area contributed by atoms with Crippen molar-refractivity contribution in [3.8, 4) is 5.75 Å². The van der Waals surface area contributed by atoms with Gasteiger partial charge in [-0.3, -0.25) is 4.79 Å². The standard InChI is InChI=1S/C15H23NO2/c1-6-16(7-2)15(17)13(5)18-14-10-11(3)8-9-12(14)4/h8-10,13H,6-7H2,1-5H3/t13-/m0/s1. The zero-order valence-electron chi connectivity index (χ0n) is 12.0. The fourth-order valence-electron chi connectivity index (χ4n) is 1.87. The third kappa shape index (κ3) is 3.49. The van der Waals surface area contributed by atoms with E-state index in [1.807, 2.05) is 52.8 Å². The summed E-state index contributed by atoms with van der Waals surface area (Å²) in [5.74, 6) is 0.837. The molecule has 1 aromatic rings. The van der Waals surface area contributed by atoms with Crippen molar-refractivity contribution in [3.63, 3.8) is 0 Å². The van der Waals surface area contributed by atoms with Crippen LogP contribution in [0.25, 0.3) is 0 Å². The molecule has 100 valence electrons. The molecule has 3 heteroatoms. The van der Waals surface area contributed by atoms with Crippen LogP contribution in [-0.2, 0) is 4.79 Å². The predicted molar refractivity (Wildman–Crippen MR) is 73.9 cm³/mol. The monoisotopic (exact) mass is 249 g/mol. The second-order valence-electron chi connectivity index (χ2n) is 4.54. The third-order valence-corrected chi connectivity index (χ3v) is 3.07. The molecule has 1 rings (SSSR count). The Morgan fingerprint density at radius 2 is 1.89 bits per heavy atom. The highest BCUT2D eigenvalue weighted by Gasteiger charge is 2.20. The van der Waals surface area contributed by atoms with E-state index in [0.29, 0.717) is 0 Å². The molecule has 0 heterocycles. The van der Waals surface area contributed by atoms with Gasteiger partial charge >= 0.3 is 0 Å². The summed E-state index contributed by atoms with van der Waals surface area (Å²) in [7, 11) is 0. The number of rotatable bonds is 5. The van der Waals surface area contributed by atoms with Crippen molar-refractivity contribution in [1.29, 1.82) is 0 Å². The van der Waals surface area contributed by atoms with E-state index in [-0.39, 0.29) is 5.91 Å². The minimum atomic E-state index is -0.439. The zero-order chi connectivity index (χ0) is 13.7. The van der Waals surface area contributed by atoms with Gasteiger partial charge < -0.3 is 9.64 Å². The Labute approximate surface area is 110 Å². The normalized spacial score (nSPS) is 12.1. The van der Waals surface area contributed by atoms with Crippen LogP contribution in [0.15, 0.2) is 18.2 Å². The SMILES string of the molecule is CCN(CC)C(=O)[C@H](C)Oc1cc(C)ccc1C. The second-order valence-corrected chi connectivity index (χ2v) is 4.54. The Morgan fingerprint density at radius 3 is 2.44 bits per heavy atom. The van der Waals surface area contributed by atoms with Crippen LogP contribution in [0.5, 0.6) is 5.75 Å². The molecule has 0 aliphatic rings. The lowest BCUT2D eigenvalue weighted by atomic mass is 10.1. The number of likely N-dealkylation sites (N-methyl/N-ethyl adjacent to an activating group) is 1. The van der Waals surface area contributed by atoms with Gasteiger partial charge in [0.25, 0.3) is 5.91 Å². The molecule has 3 nitrogen and oxygen atoms in total. The van der Waals surface area contributed by atoms with E-state index in [1.54, 1.807) is 4.90 Å². The summed E-state index contributed by atoms with van der Waals surface area (Å²) < 4.78 is 5.78. The minimum absolute atomic E-state index is 0.0425. The molecule has 0 aliphatic heterocycles. The van der Waals surface area contributed by atoms with Crippen LogP contribution in [-0.4, -0.2) is 30.0 Å². The van der Waals surface area contributed by atoms with Crippen LogP contribution in [0.2, 0.25) is 0 Å². The van der Waals surface area contributed by atoms with Gasteiger partial charge in [0.05, 0.1) is 0 Å². The van der Waals surface area contributed by atoms with E-state index in [4.69, 9.17) is 4.74 Å². The Bertz CT molecular complexity index is 411. The van der Waals surface area contributed by atoms with Gasteiger partial charge in [-0.05, 0) is 51.8 Å². The molecule has 1 atom stereocenters. The summed E-state index contributed by atoms with van der Waals surface area (Å²) in [6.45, 7) is 11.2. The van der Waals surface area contributed by atoms with E-state index in [9.17, 15) is 4.79 Å². The quantitative estimate of drug-likeness (QED) is 0.803. The summed E-state index contributed by atoms with van der Waals surface area (Å²) in [5, 5.41) is 0. The first-order valence-corrected chi connectivity index (χ1v) is 6.52. The first kappa shape index (κ1) is 14.6. The molecule has 0 bridgehead atoms. The Balaban J connectivity index is 2.77. The molecule has 0 aliphatic carbocycles. The molecule has 0 aromatic heterocycles. The van der Waals surface area contributed by atoms with Crippen LogP contribution in [0.4, 0.5) is 0 Å². The summed E-state index contributed by atoms with van der Waals surface area (Å²) in [6, 6.07) is 6.03. The molecule has 18 heavy (non-hydrogen) atoms. The van der Waals surface area contributed by atoms with E-state index < -0.39 is 6.10 Å². The summed E-state index contributed by atoms with van der Waals surface area (Å²) in [6.07, 6.45) is -0.439. The summed E-state index contributed by atoms with van der Waals surface area (Å²) in [5.41, 5.74) is 2.19. The number of benzene rings is 1. The van der Waals surface area contributed by atoms with Crippen molar-refractivity contribution >= 4 is 5.91 Å². The first-order valence-electron chi connectivity index (χ1n) is 6.52. The lowest BCUT2D eigenvalue weighted by Crippen LogP contribution is -2.40. The third-order valence-electron chi connectivity index (χ3n) is 3.07. The van der Waals surface area contributed by atoms with Crippen LogP contribution in [0, 0.1) is 13.8 Å². The number of hydrogen-bond donors (Lipinski definition) is 0. The molecule has 0 saturated heterocycles. The molecule has 1 aromatic carbocycles. The van der Waals surface area contributed by atoms with Crippen molar-refractivity contribution in [2.75, 3.05) is 13.1 Å². The second kappa shape index (κ2) is 6.43. The van der Waals surface area contributed by atoms with E-state index in [2.05, 4.69) is 0 Å². The number of hydrogen-bond acceptors (Lipinski definition) is 2. The largest absolute Gasteiger partial charge is 0.481 e. The number of nitrogens with zero attached hydrogens (tertiary/aromatic N) is 1. The molecule has 0 N–H and O–H groups in total. The van der Waals surface area contributed by atoms with Gasteiger partial charge in [0.1, 0.15) is 5.75 Å². The Hall–Kier alpha value is -1.51. The molecular formula is C15H23NO2. The average Bonchev–Trinajstić information content (AvgIpc) is 2.35. The molecule has 1 amide bonds.